The van der Waals surface area contributed by atoms with Crippen molar-refractivity contribution in [2.24, 2.45) is 0 Å². The van der Waals surface area contributed by atoms with Crippen molar-refractivity contribution in [2.45, 2.75) is 51.7 Å². The van der Waals surface area contributed by atoms with Crippen molar-refractivity contribution in [1.29, 1.82) is 0 Å². The molecule has 10 aromatic rings. The molecule has 0 saturated carbocycles. The molecule has 0 N–H and O–H groups in total. The van der Waals surface area contributed by atoms with Crippen LogP contribution in [0.25, 0.3) is 61.2 Å². The minimum Gasteiger partial charge on any atom is -0.510 e. The van der Waals surface area contributed by atoms with Gasteiger partial charge in [-0.15, -0.1) is 29.7 Å². The summed E-state index contributed by atoms with van der Waals surface area (Å²) >= 11 is 0. The second-order valence-electron chi connectivity index (χ2n) is 16.2. The summed E-state index contributed by atoms with van der Waals surface area (Å²) in [7, 11) is 0. The average molecular weight is 992 g/mol. The minimum absolute atomic E-state index is 0. The van der Waals surface area contributed by atoms with E-state index in [-0.39, 0.29) is 54.3 Å². The first kappa shape index (κ1) is 31.3. The monoisotopic (exact) mass is 991 g/mol. The minimum atomic E-state index is -2.63. The van der Waals surface area contributed by atoms with Crippen molar-refractivity contribution >= 4 is 32.8 Å². The molecule has 62 heavy (non-hydrogen) atoms. The van der Waals surface area contributed by atoms with E-state index in [9.17, 15) is 8.22 Å². The van der Waals surface area contributed by atoms with Crippen LogP contribution in [0.4, 0.5) is 0 Å². The molecule has 0 radical (unpaired) electrons. The van der Waals surface area contributed by atoms with Gasteiger partial charge in [0.1, 0.15) is 5.82 Å². The summed E-state index contributed by atoms with van der Waals surface area (Å²) in [5.41, 5.74) is 6.23. The van der Waals surface area contributed by atoms with Gasteiger partial charge in [0, 0.05) is 55.2 Å². The largest absolute Gasteiger partial charge is 0.510 e. The fourth-order valence-corrected chi connectivity index (χ4v) is 8.11. The van der Waals surface area contributed by atoms with Gasteiger partial charge >= 0.3 is 0 Å². The first-order valence-corrected chi connectivity index (χ1v) is 20.3. The molecule has 5 nitrogen and oxygen atoms in total. The van der Waals surface area contributed by atoms with Crippen LogP contribution in [-0.4, -0.2) is 14.1 Å². The van der Waals surface area contributed by atoms with E-state index in [1.165, 1.54) is 42.5 Å². The van der Waals surface area contributed by atoms with Crippen molar-refractivity contribution in [3.05, 3.63) is 210 Å². The molecule has 4 aliphatic rings. The van der Waals surface area contributed by atoms with E-state index in [0.29, 0.717) is 28.4 Å². The molecule has 4 aliphatic carbocycles. The molecule has 4 bridgehead atoms. The zero-order chi connectivity index (χ0) is 48.3. The third-order valence-electron chi connectivity index (χ3n) is 11.2. The number of rotatable bonds is 6. The first-order valence-electron chi connectivity index (χ1n) is 24.3. The Morgan fingerprint density at radius 2 is 1.34 bits per heavy atom. The summed E-state index contributed by atoms with van der Waals surface area (Å²) in [5, 5.41) is 2.09. The second kappa shape index (κ2) is 16.0. The van der Waals surface area contributed by atoms with Crippen LogP contribution in [-0.2, 0) is 52.0 Å². The fraction of sp³-hybridized carbons (Fsp3) is 0.143. The van der Waals surface area contributed by atoms with Crippen molar-refractivity contribution in [3.63, 3.8) is 0 Å². The summed E-state index contributed by atoms with van der Waals surface area (Å²) in [6, 6.07) is 53.5. The normalized spacial score (nSPS) is 17.9. The Hall–Kier alpha value is -6.55. The number of aromatic nitrogens is 4. The standard InChI is InChI=1S/C56H44N4O.Pt/c1-56(2,3)42-31-32-57-55(34-42)60-51-16-7-5-13-46(51)48-30-29-45(36-54(48)60)61-44-12-10-11-43(35-44)58-37-59(53-18-9-8-17-52(53)58)50-15-6-4-14-47(50)49-33-40-24-23-38-19-21-39(22-20-38)25-27-41(49)28-26-40;/h4-22,26,28-34H,23-25,27H2,1-3H3;/q-2;/i23D2,24D2,25D2,27D2;. The van der Waals surface area contributed by atoms with Gasteiger partial charge < -0.3 is 13.9 Å². The molecule has 0 aliphatic heterocycles. The van der Waals surface area contributed by atoms with Gasteiger partial charge in [-0.2, -0.15) is 18.2 Å². The predicted octanol–water partition coefficient (Wildman–Crippen LogP) is 12.4. The van der Waals surface area contributed by atoms with Gasteiger partial charge in [-0.25, -0.2) is 4.98 Å². The molecule has 14 rings (SSSR count). The number of hydrogen-bond acceptors (Lipinski definition) is 2. The fourth-order valence-electron chi connectivity index (χ4n) is 8.11. The van der Waals surface area contributed by atoms with Gasteiger partial charge in [-0.3, -0.25) is 4.57 Å². The SMILES string of the molecule is [2H]C1([2H])c2ccc(cc2)C([2H])([2H])C([2H])([2H])c2ccc(cc2-c2ccccc2-[n+]2[c-]n(-c3[c-]c(Oc4[c-]c5c(cc4)c4ccccc4n5-c4cc(C(C)(C)C)ccn4)ccc3)c3ccccc32)C1([2H])[2H].[Pt]. The summed E-state index contributed by atoms with van der Waals surface area (Å²) in [6.07, 6.45) is -4.94. The van der Waals surface area contributed by atoms with Gasteiger partial charge in [0.2, 0.25) is 0 Å². The predicted molar refractivity (Wildman–Crippen MR) is 245 cm³/mol. The van der Waals surface area contributed by atoms with Crippen molar-refractivity contribution in [1.82, 2.24) is 14.1 Å². The third kappa shape index (κ3) is 7.25. The maximum absolute atomic E-state index is 9.47. The molecular weight excluding hydrogens is 940 g/mol. The third-order valence-corrected chi connectivity index (χ3v) is 11.2. The molecule has 7 aromatic carbocycles. The van der Waals surface area contributed by atoms with E-state index < -0.39 is 25.5 Å². The molecule has 0 amide bonds. The van der Waals surface area contributed by atoms with Crippen LogP contribution in [0.15, 0.2) is 164 Å². The molecule has 0 fully saturated rings. The van der Waals surface area contributed by atoms with Gasteiger partial charge in [0.05, 0.1) is 16.7 Å². The molecule has 0 atom stereocenters. The number of para-hydroxylation sites is 4. The van der Waals surface area contributed by atoms with Crippen LogP contribution in [0, 0.1) is 18.5 Å². The van der Waals surface area contributed by atoms with Crippen LogP contribution in [0.2, 0.25) is 0 Å². The van der Waals surface area contributed by atoms with E-state index in [1.807, 2.05) is 94.2 Å². The number of benzene rings is 7. The van der Waals surface area contributed by atoms with E-state index >= 15 is 0 Å². The Kier molecular flexibility index (Phi) is 8.11. The van der Waals surface area contributed by atoms with Crippen LogP contribution >= 0.6 is 0 Å². The number of ether oxygens (including phenoxy) is 1. The smallest absolute Gasteiger partial charge is 0.268 e. The summed E-state index contributed by atoms with van der Waals surface area (Å²) < 4.78 is 86.3. The van der Waals surface area contributed by atoms with E-state index in [1.54, 1.807) is 12.1 Å². The quantitative estimate of drug-likeness (QED) is 0.123. The zero-order valence-electron chi connectivity index (χ0n) is 42.1. The number of pyridine rings is 1. The molecule has 0 saturated heterocycles. The molecule has 0 unspecified atom stereocenters. The Morgan fingerprint density at radius 3 is 2.18 bits per heavy atom. The Balaban J connectivity index is 0.00000567. The van der Waals surface area contributed by atoms with Crippen LogP contribution in [0.3, 0.4) is 0 Å². The maximum atomic E-state index is 9.47. The number of imidazole rings is 1. The Bertz CT molecular complexity index is 3670. The van der Waals surface area contributed by atoms with Crippen molar-refractivity contribution in [3.8, 4) is 39.8 Å². The number of aryl methyl sites for hydroxylation is 4. The Labute approximate surface area is 388 Å². The maximum Gasteiger partial charge on any atom is 0.268 e. The molecule has 3 heterocycles. The molecule has 6 heteroatoms. The van der Waals surface area contributed by atoms with Gasteiger partial charge in [0.15, 0.2) is 0 Å². The molecule has 3 aromatic heterocycles. The average Bonchev–Trinajstić information content (AvgIpc) is 3.89. The van der Waals surface area contributed by atoms with Crippen LogP contribution in [0.1, 0.15) is 59.6 Å². The summed E-state index contributed by atoms with van der Waals surface area (Å²) in [5.74, 6) is 1.71. The van der Waals surface area contributed by atoms with E-state index in [2.05, 4.69) is 68.1 Å². The number of nitrogens with zero attached hydrogens (tertiary/aromatic N) is 4. The summed E-state index contributed by atoms with van der Waals surface area (Å²) in [6.45, 7) is 6.55. The van der Waals surface area contributed by atoms with Crippen LogP contribution < -0.4 is 9.30 Å². The first-order chi connectivity index (χ1) is 32.9. The van der Waals surface area contributed by atoms with E-state index in [4.69, 9.17) is 12.5 Å². The van der Waals surface area contributed by atoms with Gasteiger partial charge in [0.25, 0.3) is 6.33 Å². The number of hydrogen-bond donors (Lipinski definition) is 0. The van der Waals surface area contributed by atoms with Crippen LogP contribution in [0.5, 0.6) is 11.5 Å². The molecule has 0 spiro atoms. The molecular formula is C56H44N4OPt-2. The van der Waals surface area contributed by atoms with Gasteiger partial charge in [-0.05, 0) is 105 Å². The topological polar surface area (TPSA) is 35.9 Å². The number of fused-ring (bicyclic) bond motifs is 4. The summed E-state index contributed by atoms with van der Waals surface area (Å²) in [4.78, 5) is 4.81. The Morgan fingerprint density at radius 1 is 0.629 bits per heavy atom. The zero-order valence-corrected chi connectivity index (χ0v) is 36.4. The van der Waals surface area contributed by atoms with Crippen molar-refractivity contribution < 1.29 is 41.3 Å². The molecule has 306 valence electrons. The second-order valence-corrected chi connectivity index (χ2v) is 16.2. The van der Waals surface area contributed by atoms with Crippen molar-refractivity contribution in [2.75, 3.05) is 0 Å². The van der Waals surface area contributed by atoms with E-state index in [0.717, 1.165) is 44.2 Å². The van der Waals surface area contributed by atoms with Gasteiger partial charge in [-0.1, -0.05) is 129 Å².